The molecule has 0 saturated heterocycles. The van der Waals surface area contributed by atoms with Crippen molar-refractivity contribution in [1.82, 2.24) is 10.6 Å². The van der Waals surface area contributed by atoms with E-state index in [1.54, 1.807) is 60.7 Å². The number of unbranched alkanes of at least 4 members (excludes halogenated alkanes) is 1. The number of aliphatic carboxylic acids is 1. The summed E-state index contributed by atoms with van der Waals surface area (Å²) in [5.41, 5.74) is 13.4. The van der Waals surface area contributed by atoms with E-state index in [4.69, 9.17) is 21.6 Å². The van der Waals surface area contributed by atoms with Crippen molar-refractivity contribution < 1.29 is 34.1 Å². The van der Waals surface area contributed by atoms with Gasteiger partial charge in [-0.15, -0.1) is 0 Å². The Hall–Kier alpha value is -5.23. The largest absolute Gasteiger partial charge is 0.508 e. The standard InChI is InChI=1S/C34H39N5O7/c35-25(9-3-6-12-30(36)37)27(41)18-21(17-20-13-15-22(40)16-14-20)32(42)39-26(34(44)45)19-38-33(43)31-23-7-1-4-10-28(23)46-29-11-5-2-8-24(29)31/h1-2,4-5,7-8,10-11,13-16,21,25-26,31,40H,3,6,9,12,17-19,35H2,(H3,36,37)(H,38,43)(H,39,42)(H,44,45)/t21-,25+,26+/m1/s1. The number of nitrogens with one attached hydrogen (secondary N) is 3. The molecule has 3 aromatic carbocycles. The smallest absolute Gasteiger partial charge is 0.328 e. The van der Waals surface area contributed by atoms with Gasteiger partial charge in [-0.2, -0.15) is 0 Å². The van der Waals surface area contributed by atoms with Gasteiger partial charge in [0.05, 0.1) is 17.8 Å². The van der Waals surface area contributed by atoms with Crippen molar-refractivity contribution in [1.29, 1.82) is 5.41 Å². The summed E-state index contributed by atoms with van der Waals surface area (Å²) in [4.78, 5) is 52.3. The topological polar surface area (TPSA) is 218 Å². The van der Waals surface area contributed by atoms with Crippen LogP contribution in [0.25, 0.3) is 0 Å². The first kappa shape index (κ1) is 33.7. The van der Waals surface area contributed by atoms with Crippen LogP contribution in [-0.4, -0.2) is 58.2 Å². The molecular weight excluding hydrogens is 590 g/mol. The Morgan fingerprint density at radius 3 is 2.11 bits per heavy atom. The van der Waals surface area contributed by atoms with E-state index >= 15 is 0 Å². The quantitative estimate of drug-likeness (QED) is 0.0703. The number of phenolic OH excluding ortho intramolecular Hbond substituents is 1. The Balaban J connectivity index is 1.45. The number of carbonyl (C=O) groups excluding carboxylic acids is 3. The van der Waals surface area contributed by atoms with Gasteiger partial charge in [-0.1, -0.05) is 55.0 Å². The molecule has 9 N–H and O–H groups in total. The average molecular weight is 630 g/mol. The molecule has 46 heavy (non-hydrogen) atoms. The molecule has 0 aromatic heterocycles. The van der Waals surface area contributed by atoms with E-state index in [9.17, 15) is 29.4 Å². The number of benzene rings is 3. The number of amides is 2. The highest BCUT2D eigenvalue weighted by atomic mass is 16.5. The summed E-state index contributed by atoms with van der Waals surface area (Å²) in [5, 5.41) is 32.1. The number of nitrogens with two attached hydrogens (primary N) is 2. The minimum Gasteiger partial charge on any atom is -0.508 e. The van der Waals surface area contributed by atoms with Crippen molar-refractivity contribution in [2.75, 3.05) is 6.54 Å². The van der Waals surface area contributed by atoms with Gasteiger partial charge >= 0.3 is 5.97 Å². The molecular formula is C34H39N5O7. The summed E-state index contributed by atoms with van der Waals surface area (Å²) >= 11 is 0. The lowest BCUT2D eigenvalue weighted by Crippen LogP contribution is -2.51. The van der Waals surface area contributed by atoms with E-state index in [0.29, 0.717) is 53.9 Å². The van der Waals surface area contributed by atoms with Crippen LogP contribution in [0, 0.1) is 11.3 Å². The van der Waals surface area contributed by atoms with Gasteiger partial charge in [0.25, 0.3) is 0 Å². The van der Waals surface area contributed by atoms with Crippen molar-refractivity contribution in [3.05, 3.63) is 89.5 Å². The first-order valence-corrected chi connectivity index (χ1v) is 15.1. The zero-order chi connectivity index (χ0) is 33.2. The minimum absolute atomic E-state index is 0.0323. The second-order valence-corrected chi connectivity index (χ2v) is 11.4. The number of hydrogen-bond donors (Lipinski definition) is 7. The third-order valence-corrected chi connectivity index (χ3v) is 7.90. The highest BCUT2D eigenvalue weighted by Gasteiger charge is 2.34. The molecule has 3 aromatic rings. The Morgan fingerprint density at radius 2 is 1.52 bits per heavy atom. The van der Waals surface area contributed by atoms with Crippen molar-refractivity contribution in [3.63, 3.8) is 0 Å². The number of amidine groups is 1. The van der Waals surface area contributed by atoms with Gasteiger partial charge in [0.2, 0.25) is 11.8 Å². The summed E-state index contributed by atoms with van der Waals surface area (Å²) in [6.07, 6.45) is 1.77. The predicted octanol–water partition coefficient (Wildman–Crippen LogP) is 2.96. The molecule has 0 unspecified atom stereocenters. The summed E-state index contributed by atoms with van der Waals surface area (Å²) in [6, 6.07) is 18.0. The fraction of sp³-hybridized carbons (Fsp3) is 0.324. The molecule has 12 heteroatoms. The van der Waals surface area contributed by atoms with Gasteiger partial charge in [0.15, 0.2) is 0 Å². The number of phenols is 1. The number of rotatable bonds is 16. The van der Waals surface area contributed by atoms with Crippen molar-refractivity contribution in [2.24, 2.45) is 17.4 Å². The van der Waals surface area contributed by atoms with Crippen LogP contribution >= 0.6 is 0 Å². The Bertz CT molecular complexity index is 1530. The normalized spacial score (nSPS) is 14.0. The lowest BCUT2D eigenvalue weighted by Gasteiger charge is -2.28. The van der Waals surface area contributed by atoms with Crippen LogP contribution in [0.5, 0.6) is 17.2 Å². The van der Waals surface area contributed by atoms with Crippen LogP contribution in [0.2, 0.25) is 0 Å². The van der Waals surface area contributed by atoms with Crippen LogP contribution in [-0.2, 0) is 25.6 Å². The summed E-state index contributed by atoms with van der Waals surface area (Å²) in [6.45, 7) is -0.406. The predicted molar refractivity (Wildman–Crippen MR) is 171 cm³/mol. The van der Waals surface area contributed by atoms with Gasteiger partial charge in [0, 0.05) is 36.4 Å². The van der Waals surface area contributed by atoms with E-state index in [0.717, 1.165) is 0 Å². The van der Waals surface area contributed by atoms with Gasteiger partial charge in [-0.05, 0) is 49.1 Å². The monoisotopic (exact) mass is 629 g/mol. The maximum absolute atomic E-state index is 13.5. The molecule has 3 atom stereocenters. The lowest BCUT2D eigenvalue weighted by atomic mass is 9.87. The van der Waals surface area contributed by atoms with E-state index in [1.165, 1.54) is 12.1 Å². The number of aromatic hydroxyl groups is 1. The molecule has 1 heterocycles. The number of carboxylic acid groups (broad SMARTS) is 1. The van der Waals surface area contributed by atoms with Crippen molar-refractivity contribution in [3.8, 4) is 17.2 Å². The van der Waals surface area contributed by atoms with E-state index in [-0.39, 0.29) is 30.2 Å². The third-order valence-electron chi connectivity index (χ3n) is 7.90. The summed E-state index contributed by atoms with van der Waals surface area (Å²) in [5.74, 6) is -3.48. The highest BCUT2D eigenvalue weighted by molar-refractivity contribution is 5.92. The molecule has 0 aliphatic carbocycles. The first-order valence-electron chi connectivity index (χ1n) is 15.1. The maximum Gasteiger partial charge on any atom is 0.328 e. The molecule has 4 rings (SSSR count). The third kappa shape index (κ3) is 8.91. The molecule has 0 bridgehead atoms. The second-order valence-electron chi connectivity index (χ2n) is 11.4. The van der Waals surface area contributed by atoms with Crippen LogP contribution in [0.15, 0.2) is 72.8 Å². The summed E-state index contributed by atoms with van der Waals surface area (Å²) in [7, 11) is 0. The highest BCUT2D eigenvalue weighted by Crippen LogP contribution is 2.43. The van der Waals surface area contributed by atoms with Gasteiger partial charge in [-0.3, -0.25) is 19.8 Å². The van der Waals surface area contributed by atoms with Crippen LogP contribution in [0.1, 0.15) is 54.7 Å². The fourth-order valence-corrected chi connectivity index (χ4v) is 5.40. The Labute approximate surface area is 266 Å². The van der Waals surface area contributed by atoms with Crippen LogP contribution < -0.4 is 26.8 Å². The van der Waals surface area contributed by atoms with Gasteiger partial charge < -0.3 is 37.1 Å². The van der Waals surface area contributed by atoms with Crippen LogP contribution in [0.4, 0.5) is 0 Å². The molecule has 12 nitrogen and oxygen atoms in total. The van der Waals surface area contributed by atoms with Crippen molar-refractivity contribution >= 4 is 29.4 Å². The molecule has 0 spiro atoms. The molecule has 0 saturated carbocycles. The number of ether oxygens (including phenoxy) is 1. The zero-order valence-corrected chi connectivity index (χ0v) is 25.3. The number of ketones is 1. The molecule has 0 fully saturated rings. The summed E-state index contributed by atoms with van der Waals surface area (Å²) < 4.78 is 5.95. The number of para-hydroxylation sites is 2. The molecule has 1 aliphatic rings. The van der Waals surface area contributed by atoms with Gasteiger partial charge in [-0.25, -0.2) is 4.79 Å². The maximum atomic E-state index is 13.5. The molecule has 1 aliphatic heterocycles. The number of hydrogen-bond acceptors (Lipinski definition) is 8. The lowest BCUT2D eigenvalue weighted by molar-refractivity contribution is -0.142. The molecule has 2 amide bonds. The minimum atomic E-state index is -1.49. The van der Waals surface area contributed by atoms with Crippen molar-refractivity contribution in [2.45, 2.75) is 56.5 Å². The van der Waals surface area contributed by atoms with Crippen LogP contribution in [0.3, 0.4) is 0 Å². The fourth-order valence-electron chi connectivity index (χ4n) is 5.40. The first-order chi connectivity index (χ1) is 22.0. The average Bonchev–Trinajstić information content (AvgIpc) is 3.03. The van der Waals surface area contributed by atoms with Gasteiger partial charge in [0.1, 0.15) is 29.1 Å². The zero-order valence-electron chi connectivity index (χ0n) is 25.3. The SMILES string of the molecule is N=C(N)CCCC[C@H](N)C(=O)C[C@@H](Cc1ccc(O)cc1)C(=O)N[C@@H](CNC(=O)C1c2ccccc2Oc2ccccc21)C(=O)O. The number of Topliss-reactive ketones (excluding diaryl/α,β-unsaturated/α-hetero) is 1. The Morgan fingerprint density at radius 1 is 0.913 bits per heavy atom. The van der Waals surface area contributed by atoms with E-state index < -0.39 is 48.2 Å². The molecule has 0 radical (unpaired) electrons. The van der Waals surface area contributed by atoms with E-state index in [2.05, 4.69) is 10.6 Å². The number of carbonyl (C=O) groups is 4. The number of fused-ring (bicyclic) bond motifs is 2. The van der Waals surface area contributed by atoms with E-state index in [1.807, 2.05) is 0 Å². The number of carboxylic acids is 1. The second kappa shape index (κ2) is 15.7. The molecule has 242 valence electrons. The Kier molecular flexibility index (Phi) is 11.5.